The number of aryl methyl sites for hydroxylation is 2. The van der Waals surface area contributed by atoms with Gasteiger partial charge in [0, 0.05) is 18.7 Å². The molecule has 138 valence electrons. The van der Waals surface area contributed by atoms with Crippen LogP contribution in [-0.4, -0.2) is 29.7 Å². The number of rotatable bonds is 8. The normalized spacial score (nSPS) is 10.8. The molecule has 0 fully saturated rings. The molecule has 2 aromatic rings. The van der Waals surface area contributed by atoms with Crippen molar-refractivity contribution >= 4 is 17.8 Å². The summed E-state index contributed by atoms with van der Waals surface area (Å²) >= 11 is 0. The highest BCUT2D eigenvalue weighted by molar-refractivity contribution is 5.76. The maximum Gasteiger partial charge on any atom is 0.220 e. The van der Waals surface area contributed by atoms with Crippen molar-refractivity contribution < 1.29 is 14.6 Å². The van der Waals surface area contributed by atoms with Gasteiger partial charge >= 0.3 is 0 Å². The fraction of sp³-hybridized carbons (Fsp3) is 0.300. The van der Waals surface area contributed by atoms with Crippen molar-refractivity contribution in [1.82, 2.24) is 10.3 Å². The van der Waals surface area contributed by atoms with Crippen LogP contribution in [0.5, 0.6) is 11.5 Å². The minimum Gasteiger partial charge on any atom is -0.504 e. The van der Waals surface area contributed by atoms with Gasteiger partial charge in [-0.3, -0.25) is 4.79 Å². The lowest BCUT2D eigenvalue weighted by Gasteiger charge is -2.05. The molecule has 2 rings (SSSR count). The molecule has 4 N–H and O–H groups in total. The number of phenols is 1. The van der Waals surface area contributed by atoms with Gasteiger partial charge in [-0.05, 0) is 55.2 Å². The SMILES string of the molecule is COc1cc(C=CCNC(=O)CCCc2cc(C)cc(N)n2)ccc1O. The minimum atomic E-state index is -0.00133. The molecule has 6 heteroatoms. The number of carbonyl (C=O) groups excluding carboxylic acids is 1. The Morgan fingerprint density at radius 1 is 1.35 bits per heavy atom. The molecule has 0 aliphatic rings. The molecule has 1 aromatic heterocycles. The number of pyridine rings is 1. The van der Waals surface area contributed by atoms with E-state index in [2.05, 4.69) is 10.3 Å². The number of benzene rings is 1. The Morgan fingerprint density at radius 3 is 2.88 bits per heavy atom. The van der Waals surface area contributed by atoms with Crippen LogP contribution in [0.15, 0.2) is 36.4 Å². The zero-order valence-electron chi connectivity index (χ0n) is 15.2. The van der Waals surface area contributed by atoms with Gasteiger partial charge in [-0.15, -0.1) is 0 Å². The maximum absolute atomic E-state index is 11.9. The Balaban J connectivity index is 1.71. The lowest BCUT2D eigenvalue weighted by atomic mass is 10.1. The molecule has 0 atom stereocenters. The van der Waals surface area contributed by atoms with E-state index in [1.165, 1.54) is 7.11 Å². The number of carbonyl (C=O) groups is 1. The molecule has 0 aliphatic heterocycles. The number of methoxy groups -OCH3 is 1. The van der Waals surface area contributed by atoms with Gasteiger partial charge in [-0.25, -0.2) is 4.98 Å². The van der Waals surface area contributed by atoms with Gasteiger partial charge in [0.2, 0.25) is 5.91 Å². The summed E-state index contributed by atoms with van der Waals surface area (Å²) in [6.07, 6.45) is 5.60. The Labute approximate surface area is 153 Å². The van der Waals surface area contributed by atoms with Crippen LogP contribution in [0, 0.1) is 6.92 Å². The number of hydrogen-bond donors (Lipinski definition) is 3. The van der Waals surface area contributed by atoms with E-state index in [1.807, 2.05) is 31.2 Å². The van der Waals surface area contributed by atoms with E-state index in [1.54, 1.807) is 18.2 Å². The summed E-state index contributed by atoms with van der Waals surface area (Å²) in [4.78, 5) is 16.1. The second-order valence-corrected chi connectivity index (χ2v) is 6.05. The summed E-state index contributed by atoms with van der Waals surface area (Å²) in [5.74, 6) is 1.03. The van der Waals surface area contributed by atoms with Gasteiger partial charge < -0.3 is 20.9 Å². The smallest absolute Gasteiger partial charge is 0.220 e. The number of amides is 1. The summed E-state index contributed by atoms with van der Waals surface area (Å²) in [5, 5.41) is 12.4. The molecule has 1 aromatic carbocycles. The number of phenolic OH excluding ortho intramolecular Hbond substituents is 1. The summed E-state index contributed by atoms with van der Waals surface area (Å²) in [7, 11) is 1.50. The summed E-state index contributed by atoms with van der Waals surface area (Å²) in [6, 6.07) is 8.89. The van der Waals surface area contributed by atoms with Crippen molar-refractivity contribution in [3.63, 3.8) is 0 Å². The van der Waals surface area contributed by atoms with Crippen molar-refractivity contribution in [3.8, 4) is 11.5 Å². The topological polar surface area (TPSA) is 97.5 Å². The van der Waals surface area contributed by atoms with Crippen molar-refractivity contribution in [1.29, 1.82) is 0 Å². The average Bonchev–Trinajstić information content (AvgIpc) is 2.59. The first kappa shape index (κ1) is 19.3. The number of aromatic nitrogens is 1. The van der Waals surface area contributed by atoms with Crippen LogP contribution in [0.1, 0.15) is 29.7 Å². The molecular weight excluding hydrogens is 330 g/mol. The van der Waals surface area contributed by atoms with E-state index >= 15 is 0 Å². The van der Waals surface area contributed by atoms with Crippen molar-refractivity contribution in [2.24, 2.45) is 0 Å². The van der Waals surface area contributed by atoms with E-state index < -0.39 is 0 Å². The number of nitrogen functional groups attached to an aromatic ring is 1. The number of aromatic hydroxyl groups is 1. The Bertz CT molecular complexity index is 768. The molecule has 1 amide bonds. The molecule has 0 saturated heterocycles. The van der Waals surface area contributed by atoms with Gasteiger partial charge in [0.15, 0.2) is 11.5 Å². The molecule has 1 heterocycles. The Hall–Kier alpha value is -3.02. The van der Waals surface area contributed by atoms with Gasteiger partial charge in [0.1, 0.15) is 5.82 Å². The number of hydrogen-bond acceptors (Lipinski definition) is 5. The fourth-order valence-electron chi connectivity index (χ4n) is 2.58. The van der Waals surface area contributed by atoms with E-state index in [-0.39, 0.29) is 11.7 Å². The lowest BCUT2D eigenvalue weighted by molar-refractivity contribution is -0.120. The number of nitrogens with one attached hydrogen (secondary N) is 1. The standard InChI is InChI=1S/C20H25N3O3/c1-14-11-16(23-19(21)12-14)6-3-7-20(25)22-10-4-5-15-8-9-17(24)18(13-15)26-2/h4-5,8-9,11-13,24H,3,6-7,10H2,1-2H3,(H2,21,23)(H,22,25). The van der Waals surface area contributed by atoms with Crippen molar-refractivity contribution in [2.75, 3.05) is 19.4 Å². The van der Waals surface area contributed by atoms with E-state index in [0.29, 0.717) is 24.5 Å². The highest BCUT2D eigenvalue weighted by Crippen LogP contribution is 2.26. The van der Waals surface area contributed by atoms with E-state index in [0.717, 1.165) is 29.7 Å². The molecule has 26 heavy (non-hydrogen) atoms. The van der Waals surface area contributed by atoms with E-state index in [4.69, 9.17) is 10.5 Å². The van der Waals surface area contributed by atoms with Crippen LogP contribution in [0.4, 0.5) is 5.82 Å². The first-order chi connectivity index (χ1) is 12.5. The molecule has 0 spiro atoms. The third kappa shape index (κ3) is 6.12. The van der Waals surface area contributed by atoms with Crippen LogP contribution in [0.25, 0.3) is 6.08 Å². The van der Waals surface area contributed by atoms with E-state index in [9.17, 15) is 9.90 Å². The fourth-order valence-corrected chi connectivity index (χ4v) is 2.58. The maximum atomic E-state index is 11.9. The Kier molecular flexibility index (Phi) is 7.02. The number of ether oxygens (including phenoxy) is 1. The largest absolute Gasteiger partial charge is 0.504 e. The van der Waals surface area contributed by atoms with Gasteiger partial charge in [-0.2, -0.15) is 0 Å². The van der Waals surface area contributed by atoms with Crippen molar-refractivity contribution in [2.45, 2.75) is 26.2 Å². The van der Waals surface area contributed by atoms with Crippen LogP contribution < -0.4 is 15.8 Å². The molecule has 0 aliphatic carbocycles. The molecule has 6 nitrogen and oxygen atoms in total. The highest BCUT2D eigenvalue weighted by atomic mass is 16.5. The molecular formula is C20H25N3O3. The zero-order chi connectivity index (χ0) is 18.9. The van der Waals surface area contributed by atoms with Crippen LogP contribution in [0.3, 0.4) is 0 Å². The Morgan fingerprint density at radius 2 is 2.15 bits per heavy atom. The van der Waals surface area contributed by atoms with Crippen molar-refractivity contribution in [3.05, 3.63) is 53.2 Å². The second-order valence-electron chi connectivity index (χ2n) is 6.05. The highest BCUT2D eigenvalue weighted by Gasteiger charge is 2.03. The predicted octanol–water partition coefficient (Wildman–Crippen LogP) is 2.84. The van der Waals surface area contributed by atoms with Gasteiger partial charge in [-0.1, -0.05) is 18.2 Å². The predicted molar refractivity (Wildman–Crippen MR) is 103 cm³/mol. The summed E-state index contributed by atoms with van der Waals surface area (Å²) in [5.41, 5.74) is 8.60. The third-order valence-electron chi connectivity index (χ3n) is 3.81. The number of anilines is 1. The molecule has 0 unspecified atom stereocenters. The molecule has 0 bridgehead atoms. The first-order valence-corrected chi connectivity index (χ1v) is 8.51. The summed E-state index contributed by atoms with van der Waals surface area (Å²) in [6.45, 7) is 2.42. The number of nitrogens with two attached hydrogens (primary N) is 1. The van der Waals surface area contributed by atoms with Gasteiger partial charge in [0.25, 0.3) is 0 Å². The van der Waals surface area contributed by atoms with Crippen LogP contribution in [0.2, 0.25) is 0 Å². The monoisotopic (exact) mass is 355 g/mol. The minimum absolute atomic E-state index is 0.00133. The summed E-state index contributed by atoms with van der Waals surface area (Å²) < 4.78 is 5.06. The van der Waals surface area contributed by atoms with Gasteiger partial charge in [0.05, 0.1) is 7.11 Å². The molecule has 0 radical (unpaired) electrons. The van der Waals surface area contributed by atoms with Crippen LogP contribution in [-0.2, 0) is 11.2 Å². The average molecular weight is 355 g/mol. The third-order valence-corrected chi connectivity index (χ3v) is 3.81. The molecule has 0 saturated carbocycles. The van der Waals surface area contributed by atoms with Crippen LogP contribution >= 0.6 is 0 Å². The number of nitrogens with zero attached hydrogens (tertiary/aromatic N) is 1. The lowest BCUT2D eigenvalue weighted by Crippen LogP contribution is -2.23. The quantitative estimate of drug-likeness (QED) is 0.676. The second kappa shape index (κ2) is 9.46. The first-order valence-electron chi connectivity index (χ1n) is 8.51. The zero-order valence-corrected chi connectivity index (χ0v) is 15.2.